The van der Waals surface area contributed by atoms with Crippen LogP contribution in [0.5, 0.6) is 5.75 Å². The highest BCUT2D eigenvalue weighted by Gasteiger charge is 2.22. The molecule has 0 saturated heterocycles. The largest absolute Gasteiger partial charge is 0.496 e. The van der Waals surface area contributed by atoms with E-state index in [4.69, 9.17) is 4.74 Å². The molecule has 2 rings (SSSR count). The Labute approximate surface area is 94.0 Å². The van der Waals surface area contributed by atoms with Crippen molar-refractivity contribution in [3.63, 3.8) is 0 Å². The summed E-state index contributed by atoms with van der Waals surface area (Å²) in [4.78, 5) is 11.9. The lowest BCUT2D eigenvalue weighted by Gasteiger charge is -2.09. The molecular formula is C12H14O2S. The van der Waals surface area contributed by atoms with E-state index in [9.17, 15) is 4.79 Å². The SMILES string of the molecule is COc1cccc2c1CSC(C)CC2=O. The van der Waals surface area contributed by atoms with Gasteiger partial charge in [0.05, 0.1) is 7.11 Å². The average molecular weight is 222 g/mol. The van der Waals surface area contributed by atoms with Gasteiger partial charge < -0.3 is 4.74 Å². The van der Waals surface area contributed by atoms with E-state index >= 15 is 0 Å². The number of ketones is 1. The van der Waals surface area contributed by atoms with Gasteiger partial charge in [0.25, 0.3) is 0 Å². The monoisotopic (exact) mass is 222 g/mol. The Hall–Kier alpha value is -0.960. The summed E-state index contributed by atoms with van der Waals surface area (Å²) in [6.45, 7) is 2.10. The number of hydrogen-bond donors (Lipinski definition) is 0. The predicted octanol–water partition coefficient (Wildman–Crippen LogP) is 2.90. The minimum Gasteiger partial charge on any atom is -0.496 e. The molecule has 0 N–H and O–H groups in total. The number of Topliss-reactive ketones (excluding diaryl/α,β-unsaturated/α-hetero) is 1. The van der Waals surface area contributed by atoms with Crippen LogP contribution in [0.3, 0.4) is 0 Å². The van der Waals surface area contributed by atoms with Gasteiger partial charge in [0.15, 0.2) is 5.78 Å². The molecule has 1 aliphatic heterocycles. The first-order valence-electron chi connectivity index (χ1n) is 5.03. The van der Waals surface area contributed by atoms with Gasteiger partial charge in [-0.1, -0.05) is 19.1 Å². The third-order valence-corrected chi connectivity index (χ3v) is 3.83. The van der Waals surface area contributed by atoms with E-state index < -0.39 is 0 Å². The number of fused-ring (bicyclic) bond motifs is 1. The molecule has 0 fully saturated rings. The van der Waals surface area contributed by atoms with Crippen LogP contribution in [0.15, 0.2) is 18.2 Å². The molecule has 0 bridgehead atoms. The number of benzene rings is 1. The molecule has 0 spiro atoms. The van der Waals surface area contributed by atoms with Crippen molar-refractivity contribution in [1.29, 1.82) is 0 Å². The summed E-state index contributed by atoms with van der Waals surface area (Å²) < 4.78 is 5.29. The standard InChI is InChI=1S/C12H14O2S/c1-8-6-11(13)9-4-3-5-12(14-2)10(9)7-15-8/h3-5,8H,6-7H2,1-2H3. The molecule has 1 heterocycles. The minimum absolute atomic E-state index is 0.237. The first-order valence-corrected chi connectivity index (χ1v) is 6.08. The first-order chi connectivity index (χ1) is 7.22. The zero-order chi connectivity index (χ0) is 10.8. The van der Waals surface area contributed by atoms with Crippen LogP contribution in [0.1, 0.15) is 29.3 Å². The van der Waals surface area contributed by atoms with E-state index in [0.29, 0.717) is 11.7 Å². The molecule has 0 aliphatic carbocycles. The number of rotatable bonds is 1. The van der Waals surface area contributed by atoms with E-state index in [2.05, 4.69) is 6.92 Å². The van der Waals surface area contributed by atoms with Crippen molar-refractivity contribution >= 4 is 17.5 Å². The topological polar surface area (TPSA) is 26.3 Å². The average Bonchev–Trinajstić information content (AvgIpc) is 2.38. The second kappa shape index (κ2) is 4.27. The molecule has 1 atom stereocenters. The summed E-state index contributed by atoms with van der Waals surface area (Å²) in [6.07, 6.45) is 0.630. The van der Waals surface area contributed by atoms with Crippen LogP contribution in [-0.2, 0) is 5.75 Å². The number of thioether (sulfide) groups is 1. The summed E-state index contributed by atoms with van der Waals surface area (Å²) in [5.41, 5.74) is 1.89. The molecule has 2 nitrogen and oxygen atoms in total. The molecule has 1 unspecified atom stereocenters. The Bertz CT molecular complexity index is 387. The second-order valence-corrected chi connectivity index (χ2v) is 5.16. The number of carbonyl (C=O) groups excluding carboxylic acids is 1. The second-order valence-electron chi connectivity index (χ2n) is 3.74. The third-order valence-electron chi connectivity index (χ3n) is 2.64. The Morgan fingerprint density at radius 2 is 2.27 bits per heavy atom. The van der Waals surface area contributed by atoms with E-state index in [1.54, 1.807) is 7.11 Å². The number of ether oxygens (including phenoxy) is 1. The van der Waals surface area contributed by atoms with Crippen molar-refractivity contribution in [3.05, 3.63) is 29.3 Å². The summed E-state index contributed by atoms with van der Waals surface area (Å²) in [5.74, 6) is 1.94. The first kappa shape index (κ1) is 10.6. The molecule has 1 aromatic carbocycles. The lowest BCUT2D eigenvalue weighted by atomic mass is 10.0. The van der Waals surface area contributed by atoms with Gasteiger partial charge in [0.1, 0.15) is 5.75 Å². The Kier molecular flexibility index (Phi) is 3.00. The summed E-state index contributed by atoms with van der Waals surface area (Å²) in [6, 6.07) is 5.71. The lowest BCUT2D eigenvalue weighted by molar-refractivity contribution is 0.0983. The van der Waals surface area contributed by atoms with Gasteiger partial charge in [-0.2, -0.15) is 11.8 Å². The van der Waals surface area contributed by atoms with Crippen molar-refractivity contribution in [2.75, 3.05) is 7.11 Å². The van der Waals surface area contributed by atoms with Gasteiger partial charge in [-0.25, -0.2) is 0 Å². The molecule has 0 saturated carbocycles. The van der Waals surface area contributed by atoms with Gasteiger partial charge >= 0.3 is 0 Å². The summed E-state index contributed by atoms with van der Waals surface area (Å²) in [7, 11) is 1.65. The zero-order valence-electron chi connectivity index (χ0n) is 8.95. The smallest absolute Gasteiger partial charge is 0.164 e. The van der Waals surface area contributed by atoms with E-state index in [1.165, 1.54) is 0 Å². The maximum atomic E-state index is 11.9. The van der Waals surface area contributed by atoms with Crippen LogP contribution in [0.2, 0.25) is 0 Å². The number of carbonyl (C=O) groups is 1. The Morgan fingerprint density at radius 1 is 1.47 bits per heavy atom. The van der Waals surface area contributed by atoms with E-state index in [1.807, 2.05) is 30.0 Å². The van der Waals surface area contributed by atoms with Crippen LogP contribution in [0.4, 0.5) is 0 Å². The van der Waals surface area contributed by atoms with E-state index in [-0.39, 0.29) is 5.78 Å². The van der Waals surface area contributed by atoms with Gasteiger partial charge in [-0.15, -0.1) is 0 Å². The van der Waals surface area contributed by atoms with Crippen LogP contribution in [0, 0.1) is 0 Å². The van der Waals surface area contributed by atoms with Crippen molar-refractivity contribution in [1.82, 2.24) is 0 Å². The molecule has 0 amide bonds. The van der Waals surface area contributed by atoms with Crippen LogP contribution in [0.25, 0.3) is 0 Å². The predicted molar refractivity (Wildman–Crippen MR) is 62.7 cm³/mol. The molecule has 1 aromatic rings. The maximum absolute atomic E-state index is 11.9. The molecule has 0 aromatic heterocycles. The van der Waals surface area contributed by atoms with Crippen LogP contribution >= 0.6 is 11.8 Å². The summed E-state index contributed by atoms with van der Waals surface area (Å²) >= 11 is 1.81. The fourth-order valence-corrected chi connectivity index (χ4v) is 2.84. The van der Waals surface area contributed by atoms with Crippen LogP contribution in [-0.4, -0.2) is 18.1 Å². The number of hydrogen-bond acceptors (Lipinski definition) is 3. The zero-order valence-corrected chi connectivity index (χ0v) is 9.76. The van der Waals surface area contributed by atoms with Gasteiger partial charge in [-0.05, 0) is 6.07 Å². The minimum atomic E-state index is 0.237. The lowest BCUT2D eigenvalue weighted by Crippen LogP contribution is -2.05. The van der Waals surface area contributed by atoms with Crippen molar-refractivity contribution in [2.45, 2.75) is 24.3 Å². The molecule has 3 heteroatoms. The molecule has 15 heavy (non-hydrogen) atoms. The highest BCUT2D eigenvalue weighted by Crippen LogP contribution is 2.33. The molecule has 1 aliphatic rings. The maximum Gasteiger partial charge on any atom is 0.164 e. The highest BCUT2D eigenvalue weighted by atomic mass is 32.2. The van der Waals surface area contributed by atoms with Crippen LogP contribution < -0.4 is 4.74 Å². The molecule has 0 radical (unpaired) electrons. The molecule has 80 valence electrons. The molecular weight excluding hydrogens is 208 g/mol. The fourth-order valence-electron chi connectivity index (χ4n) is 1.82. The van der Waals surface area contributed by atoms with Crippen molar-refractivity contribution in [2.24, 2.45) is 0 Å². The Morgan fingerprint density at radius 3 is 3.00 bits per heavy atom. The normalized spacial score (nSPS) is 20.7. The van der Waals surface area contributed by atoms with Crippen molar-refractivity contribution < 1.29 is 9.53 Å². The summed E-state index contributed by atoms with van der Waals surface area (Å²) in [5, 5.41) is 0.398. The highest BCUT2D eigenvalue weighted by molar-refractivity contribution is 7.99. The quantitative estimate of drug-likeness (QED) is 0.731. The van der Waals surface area contributed by atoms with Gasteiger partial charge in [0.2, 0.25) is 0 Å². The van der Waals surface area contributed by atoms with E-state index in [0.717, 1.165) is 22.6 Å². The van der Waals surface area contributed by atoms with Crippen molar-refractivity contribution in [3.8, 4) is 5.75 Å². The number of methoxy groups -OCH3 is 1. The van der Waals surface area contributed by atoms with Gasteiger partial charge in [-0.3, -0.25) is 4.79 Å². The van der Waals surface area contributed by atoms with Gasteiger partial charge in [0, 0.05) is 28.6 Å². The third kappa shape index (κ3) is 2.02. The Balaban J connectivity index is 2.47. The fraction of sp³-hybridized carbons (Fsp3) is 0.417.